The molecule has 0 aromatic heterocycles. The smallest absolute Gasteiger partial charge is 0.246 e. The van der Waals surface area contributed by atoms with E-state index in [-0.39, 0.29) is 18.2 Å². The van der Waals surface area contributed by atoms with Gasteiger partial charge in [0, 0.05) is 30.2 Å². The summed E-state index contributed by atoms with van der Waals surface area (Å²) in [5.74, 6) is -0.906. The first-order chi connectivity index (χ1) is 9.40. The number of hydrogen-bond donors (Lipinski definition) is 1. The molecule has 1 aromatic carbocycles. The van der Waals surface area contributed by atoms with Crippen LogP contribution in [0.4, 0.5) is 4.39 Å². The Morgan fingerprint density at radius 3 is 2.80 bits per heavy atom. The van der Waals surface area contributed by atoms with E-state index in [0.717, 1.165) is 0 Å². The molecule has 0 spiro atoms. The molecule has 1 aromatic rings. The predicted octanol–water partition coefficient (Wildman–Crippen LogP) is 1.49. The molecule has 1 atom stereocenters. The Bertz CT molecular complexity index is 608. The van der Waals surface area contributed by atoms with Gasteiger partial charge in [-0.15, -0.1) is 0 Å². The molecule has 1 aliphatic rings. The Labute approximate surface area is 125 Å². The van der Waals surface area contributed by atoms with Gasteiger partial charge in [0.25, 0.3) is 0 Å². The van der Waals surface area contributed by atoms with Gasteiger partial charge in [0.15, 0.2) is 0 Å². The van der Waals surface area contributed by atoms with E-state index in [4.69, 9.17) is 9.84 Å². The second-order valence-electron chi connectivity index (χ2n) is 4.54. The summed E-state index contributed by atoms with van der Waals surface area (Å²) in [6.07, 6.45) is 0.412. The van der Waals surface area contributed by atoms with Crippen molar-refractivity contribution in [3.05, 3.63) is 28.0 Å². The van der Waals surface area contributed by atoms with E-state index in [2.05, 4.69) is 15.9 Å². The maximum absolute atomic E-state index is 14.2. The monoisotopic (exact) mass is 367 g/mol. The summed E-state index contributed by atoms with van der Waals surface area (Å²) in [7, 11) is -2.41. The molecular formula is C12H15BrFNO4S. The average Bonchev–Trinajstić information content (AvgIpc) is 2.90. The highest BCUT2D eigenvalue weighted by atomic mass is 79.9. The highest BCUT2D eigenvalue weighted by Crippen LogP contribution is 2.28. The Balaban J connectivity index is 2.42. The first-order valence-electron chi connectivity index (χ1n) is 6.02. The molecule has 8 heteroatoms. The van der Waals surface area contributed by atoms with Crippen LogP contribution in [0, 0.1) is 5.82 Å². The highest BCUT2D eigenvalue weighted by Gasteiger charge is 2.35. The Hall–Kier alpha value is -0.540. The van der Waals surface area contributed by atoms with Gasteiger partial charge < -0.3 is 9.84 Å². The van der Waals surface area contributed by atoms with Crippen LogP contribution >= 0.6 is 15.9 Å². The van der Waals surface area contributed by atoms with E-state index in [1.165, 1.54) is 23.5 Å². The molecule has 1 unspecified atom stereocenters. The number of ether oxygens (including phenoxy) is 1. The Kier molecular flexibility index (Phi) is 4.80. The zero-order valence-corrected chi connectivity index (χ0v) is 13.2. The van der Waals surface area contributed by atoms with Gasteiger partial charge in [0.05, 0.1) is 12.7 Å². The van der Waals surface area contributed by atoms with Crippen LogP contribution in [0.3, 0.4) is 0 Å². The third kappa shape index (κ3) is 2.89. The van der Waals surface area contributed by atoms with E-state index in [1.54, 1.807) is 0 Å². The maximum Gasteiger partial charge on any atom is 0.246 e. The number of methoxy groups -OCH3 is 1. The van der Waals surface area contributed by atoms with E-state index in [0.29, 0.717) is 17.4 Å². The van der Waals surface area contributed by atoms with Crippen molar-refractivity contribution in [2.45, 2.75) is 24.0 Å². The summed E-state index contributed by atoms with van der Waals surface area (Å²) in [4.78, 5) is -0.423. The Morgan fingerprint density at radius 2 is 2.25 bits per heavy atom. The second-order valence-corrected chi connectivity index (χ2v) is 7.37. The van der Waals surface area contributed by atoms with E-state index in [9.17, 15) is 12.8 Å². The van der Waals surface area contributed by atoms with Gasteiger partial charge >= 0.3 is 0 Å². The lowest BCUT2D eigenvalue weighted by Gasteiger charge is -2.18. The minimum absolute atomic E-state index is 0.0551. The second kappa shape index (κ2) is 6.07. The van der Waals surface area contributed by atoms with E-state index in [1.807, 2.05) is 0 Å². The zero-order valence-electron chi connectivity index (χ0n) is 10.8. The quantitative estimate of drug-likeness (QED) is 0.875. The SMILES string of the molecule is COC1CCN(S(=O)(=O)c2cc(Br)cc(CO)c2F)C1. The third-order valence-corrected chi connectivity index (χ3v) is 5.63. The molecule has 20 heavy (non-hydrogen) atoms. The molecule has 112 valence electrons. The van der Waals surface area contributed by atoms with Gasteiger partial charge in [0.1, 0.15) is 10.7 Å². The minimum atomic E-state index is -3.93. The van der Waals surface area contributed by atoms with Crippen LogP contribution in [0.15, 0.2) is 21.5 Å². The largest absolute Gasteiger partial charge is 0.392 e. The number of rotatable bonds is 4. The van der Waals surface area contributed by atoms with Crippen molar-refractivity contribution < 1.29 is 22.7 Å². The van der Waals surface area contributed by atoms with Crippen LogP contribution in [0.2, 0.25) is 0 Å². The molecular weight excluding hydrogens is 353 g/mol. The van der Waals surface area contributed by atoms with Crippen molar-refractivity contribution in [3.63, 3.8) is 0 Å². The molecule has 0 bridgehead atoms. The van der Waals surface area contributed by atoms with Crippen molar-refractivity contribution in [3.8, 4) is 0 Å². The van der Waals surface area contributed by atoms with Crippen LogP contribution in [-0.4, -0.2) is 44.1 Å². The number of aliphatic hydroxyl groups excluding tert-OH is 1. The summed E-state index contributed by atoms with van der Waals surface area (Å²) in [5.41, 5.74) is -0.0551. The molecule has 1 N–H and O–H groups in total. The highest BCUT2D eigenvalue weighted by molar-refractivity contribution is 9.10. The fourth-order valence-corrected chi connectivity index (χ4v) is 4.45. The van der Waals surface area contributed by atoms with Gasteiger partial charge in [-0.3, -0.25) is 0 Å². The van der Waals surface area contributed by atoms with Gasteiger partial charge in [-0.05, 0) is 18.6 Å². The van der Waals surface area contributed by atoms with Crippen molar-refractivity contribution in [2.75, 3.05) is 20.2 Å². The molecule has 0 radical (unpaired) electrons. The summed E-state index contributed by atoms with van der Waals surface area (Å²) in [6.45, 7) is -0.0605. The van der Waals surface area contributed by atoms with Gasteiger partial charge in [-0.1, -0.05) is 15.9 Å². The normalized spacial score (nSPS) is 20.5. The fraction of sp³-hybridized carbons (Fsp3) is 0.500. The molecule has 0 saturated carbocycles. The molecule has 1 aliphatic heterocycles. The van der Waals surface area contributed by atoms with Gasteiger partial charge in [-0.2, -0.15) is 4.31 Å². The van der Waals surface area contributed by atoms with Crippen molar-refractivity contribution in [1.82, 2.24) is 4.31 Å². The van der Waals surface area contributed by atoms with Crippen LogP contribution in [0.25, 0.3) is 0 Å². The van der Waals surface area contributed by atoms with E-state index >= 15 is 0 Å². The number of nitrogens with zero attached hydrogens (tertiary/aromatic N) is 1. The topological polar surface area (TPSA) is 66.8 Å². The molecule has 5 nitrogen and oxygen atoms in total. The molecule has 0 aliphatic carbocycles. The lowest BCUT2D eigenvalue weighted by molar-refractivity contribution is 0.115. The summed E-state index contributed by atoms with van der Waals surface area (Å²) >= 11 is 3.13. The lowest BCUT2D eigenvalue weighted by atomic mass is 10.2. The zero-order chi connectivity index (χ0) is 14.9. The summed E-state index contributed by atoms with van der Waals surface area (Å²) < 4.78 is 45.8. The average molecular weight is 368 g/mol. The number of halogens is 2. The molecule has 1 saturated heterocycles. The maximum atomic E-state index is 14.2. The standard InChI is InChI=1S/C12H15BrFNO4S/c1-19-10-2-3-15(6-10)20(17,18)11-5-9(13)4-8(7-16)12(11)14/h4-5,10,16H,2-3,6-7H2,1H3. The Morgan fingerprint density at radius 1 is 1.55 bits per heavy atom. The first kappa shape index (κ1) is 15.8. The number of hydrogen-bond acceptors (Lipinski definition) is 4. The lowest BCUT2D eigenvalue weighted by Crippen LogP contribution is -2.31. The minimum Gasteiger partial charge on any atom is -0.392 e. The van der Waals surface area contributed by atoms with Crippen LogP contribution in [0.5, 0.6) is 0 Å². The first-order valence-corrected chi connectivity index (χ1v) is 8.25. The van der Waals surface area contributed by atoms with Crippen molar-refractivity contribution in [1.29, 1.82) is 0 Å². The van der Waals surface area contributed by atoms with Crippen molar-refractivity contribution >= 4 is 26.0 Å². The fourth-order valence-electron chi connectivity index (χ4n) is 2.17. The van der Waals surface area contributed by atoms with Gasteiger partial charge in [0.2, 0.25) is 10.0 Å². The van der Waals surface area contributed by atoms with Crippen LogP contribution in [0.1, 0.15) is 12.0 Å². The van der Waals surface area contributed by atoms with E-state index < -0.39 is 27.3 Å². The summed E-state index contributed by atoms with van der Waals surface area (Å²) in [5, 5.41) is 9.09. The van der Waals surface area contributed by atoms with Crippen LogP contribution in [-0.2, 0) is 21.4 Å². The molecule has 1 fully saturated rings. The van der Waals surface area contributed by atoms with Crippen molar-refractivity contribution in [2.24, 2.45) is 0 Å². The predicted molar refractivity (Wildman–Crippen MR) is 74.2 cm³/mol. The number of aliphatic hydroxyl groups is 1. The molecule has 0 amide bonds. The van der Waals surface area contributed by atoms with Crippen LogP contribution < -0.4 is 0 Å². The number of sulfonamides is 1. The molecule has 1 heterocycles. The van der Waals surface area contributed by atoms with Gasteiger partial charge in [-0.25, -0.2) is 12.8 Å². The molecule has 2 rings (SSSR count). The third-order valence-electron chi connectivity index (χ3n) is 3.31. The number of benzene rings is 1. The summed E-state index contributed by atoms with van der Waals surface area (Å²) in [6, 6.07) is 2.57.